The van der Waals surface area contributed by atoms with Gasteiger partial charge in [-0.05, 0) is 19.4 Å². The second-order valence-corrected chi connectivity index (χ2v) is 4.20. The van der Waals surface area contributed by atoms with Crippen LogP contribution < -0.4 is 0 Å². The molecule has 0 spiro atoms. The summed E-state index contributed by atoms with van der Waals surface area (Å²) in [5, 5.41) is 18.9. The van der Waals surface area contributed by atoms with Crippen LogP contribution in [-0.2, 0) is 19.1 Å². The van der Waals surface area contributed by atoms with Crippen molar-refractivity contribution in [3.8, 4) is 0 Å². The number of rotatable bonds is 5. The van der Waals surface area contributed by atoms with Crippen LogP contribution in [0.25, 0.3) is 0 Å². The summed E-state index contributed by atoms with van der Waals surface area (Å²) in [6.07, 6.45) is 3.65. The van der Waals surface area contributed by atoms with Gasteiger partial charge >= 0.3 is 11.9 Å². The van der Waals surface area contributed by atoms with E-state index in [9.17, 15) is 19.8 Å². The monoisotopic (exact) mass is 268 g/mol. The van der Waals surface area contributed by atoms with Crippen molar-refractivity contribution in [3.05, 3.63) is 36.3 Å². The zero-order valence-corrected chi connectivity index (χ0v) is 10.6. The Labute approximate surface area is 110 Å². The molecule has 1 atom stereocenters. The van der Waals surface area contributed by atoms with E-state index in [1.54, 1.807) is 0 Å². The lowest BCUT2D eigenvalue weighted by Crippen LogP contribution is -2.34. The van der Waals surface area contributed by atoms with E-state index in [1.165, 1.54) is 13.0 Å². The van der Waals surface area contributed by atoms with E-state index in [0.717, 1.165) is 12.2 Å². The van der Waals surface area contributed by atoms with Crippen molar-refractivity contribution >= 4 is 11.9 Å². The third-order valence-electron chi connectivity index (χ3n) is 2.75. The van der Waals surface area contributed by atoms with E-state index in [1.807, 2.05) is 0 Å². The minimum absolute atomic E-state index is 0.0851. The molecule has 0 amide bonds. The van der Waals surface area contributed by atoms with Gasteiger partial charge in [-0.15, -0.1) is 0 Å². The highest BCUT2D eigenvalue weighted by molar-refractivity contribution is 5.81. The molecule has 0 heterocycles. The molecular weight excluding hydrogens is 252 g/mol. The normalized spacial score (nSPS) is 21.9. The Bertz CT molecular complexity index is 448. The molecule has 6 heteroatoms. The first-order chi connectivity index (χ1) is 8.90. The molecule has 6 nitrogen and oxygen atoms in total. The van der Waals surface area contributed by atoms with Crippen LogP contribution in [0.3, 0.4) is 0 Å². The molecule has 0 aromatic carbocycles. The van der Waals surface area contributed by atoms with Crippen LogP contribution in [0.5, 0.6) is 0 Å². The largest absolute Gasteiger partial charge is 0.511 e. The first-order valence-electron chi connectivity index (χ1n) is 5.67. The zero-order chi connectivity index (χ0) is 14.5. The molecule has 0 aromatic heterocycles. The second-order valence-electron chi connectivity index (χ2n) is 4.20. The van der Waals surface area contributed by atoms with E-state index in [0.29, 0.717) is 0 Å². The van der Waals surface area contributed by atoms with E-state index in [2.05, 4.69) is 11.3 Å². The SMILES string of the molecule is C=CC(=O)OCCOC(=O)C1(C)CC=C(O)C=C1O. The van der Waals surface area contributed by atoms with Gasteiger partial charge < -0.3 is 19.7 Å². The van der Waals surface area contributed by atoms with Gasteiger partial charge in [0.2, 0.25) is 0 Å². The van der Waals surface area contributed by atoms with Crippen molar-refractivity contribution in [2.75, 3.05) is 13.2 Å². The van der Waals surface area contributed by atoms with Crippen LogP contribution in [0, 0.1) is 5.41 Å². The zero-order valence-electron chi connectivity index (χ0n) is 10.6. The highest BCUT2D eigenvalue weighted by atomic mass is 16.6. The minimum atomic E-state index is -1.23. The molecule has 1 unspecified atom stereocenters. The van der Waals surface area contributed by atoms with Gasteiger partial charge in [0.05, 0.1) is 0 Å². The van der Waals surface area contributed by atoms with E-state index >= 15 is 0 Å². The van der Waals surface area contributed by atoms with Crippen molar-refractivity contribution < 1.29 is 29.3 Å². The molecule has 1 rings (SSSR count). The minimum Gasteiger partial charge on any atom is -0.511 e. The second kappa shape index (κ2) is 6.08. The molecule has 0 radical (unpaired) electrons. The number of hydrogen-bond donors (Lipinski definition) is 2. The number of aliphatic hydroxyl groups excluding tert-OH is 2. The number of ether oxygens (including phenoxy) is 2. The molecule has 0 saturated carbocycles. The third-order valence-corrected chi connectivity index (χ3v) is 2.75. The quantitative estimate of drug-likeness (QED) is 0.446. The molecular formula is C13H16O6. The van der Waals surface area contributed by atoms with Gasteiger partial charge in [-0.2, -0.15) is 0 Å². The van der Waals surface area contributed by atoms with Gasteiger partial charge in [-0.1, -0.05) is 6.58 Å². The Balaban J connectivity index is 2.48. The highest BCUT2D eigenvalue weighted by Crippen LogP contribution is 2.35. The molecule has 0 aromatic rings. The number of carbonyl (C=O) groups is 2. The maximum Gasteiger partial charge on any atom is 0.330 e. The van der Waals surface area contributed by atoms with E-state index in [4.69, 9.17) is 4.74 Å². The average molecular weight is 268 g/mol. The van der Waals surface area contributed by atoms with Crippen molar-refractivity contribution in [2.24, 2.45) is 5.41 Å². The Morgan fingerprint density at radius 2 is 2.05 bits per heavy atom. The van der Waals surface area contributed by atoms with Crippen LogP contribution in [0.1, 0.15) is 13.3 Å². The maximum absolute atomic E-state index is 11.9. The van der Waals surface area contributed by atoms with Crippen molar-refractivity contribution in [2.45, 2.75) is 13.3 Å². The van der Waals surface area contributed by atoms with Crippen LogP contribution in [0.4, 0.5) is 0 Å². The molecule has 104 valence electrons. The van der Waals surface area contributed by atoms with E-state index in [-0.39, 0.29) is 31.2 Å². The predicted molar refractivity (Wildman–Crippen MR) is 66.3 cm³/mol. The van der Waals surface area contributed by atoms with Crippen LogP contribution in [-0.4, -0.2) is 35.4 Å². The molecule has 0 aliphatic heterocycles. The summed E-state index contributed by atoms with van der Waals surface area (Å²) in [5.74, 6) is -1.61. The fourth-order valence-corrected chi connectivity index (χ4v) is 1.45. The summed E-state index contributed by atoms with van der Waals surface area (Å²) < 4.78 is 9.57. The average Bonchev–Trinajstić information content (AvgIpc) is 2.38. The molecule has 0 bridgehead atoms. The van der Waals surface area contributed by atoms with Gasteiger partial charge in [-0.25, -0.2) is 4.79 Å². The number of allylic oxidation sites excluding steroid dienone is 2. The van der Waals surface area contributed by atoms with Gasteiger partial charge in [0.25, 0.3) is 0 Å². The molecule has 0 fully saturated rings. The fraction of sp³-hybridized carbons (Fsp3) is 0.385. The fourth-order valence-electron chi connectivity index (χ4n) is 1.45. The van der Waals surface area contributed by atoms with Crippen LogP contribution >= 0.6 is 0 Å². The van der Waals surface area contributed by atoms with Gasteiger partial charge in [-0.3, -0.25) is 4.79 Å². The molecule has 1 aliphatic carbocycles. The Morgan fingerprint density at radius 3 is 2.63 bits per heavy atom. The summed E-state index contributed by atoms with van der Waals surface area (Å²) in [6.45, 7) is 4.52. The molecule has 0 saturated heterocycles. The third kappa shape index (κ3) is 3.61. The van der Waals surface area contributed by atoms with Gasteiger partial charge in [0, 0.05) is 12.2 Å². The number of hydrogen-bond acceptors (Lipinski definition) is 6. The summed E-state index contributed by atoms with van der Waals surface area (Å²) in [6, 6.07) is 0. The molecule has 19 heavy (non-hydrogen) atoms. The van der Waals surface area contributed by atoms with E-state index < -0.39 is 17.4 Å². The summed E-state index contributed by atoms with van der Waals surface area (Å²) in [4.78, 5) is 22.6. The smallest absolute Gasteiger partial charge is 0.330 e. The lowest BCUT2D eigenvalue weighted by atomic mass is 9.81. The van der Waals surface area contributed by atoms with Gasteiger partial charge in [0.1, 0.15) is 30.1 Å². The maximum atomic E-state index is 11.9. The Hall–Kier alpha value is -2.24. The summed E-state index contributed by atoms with van der Waals surface area (Å²) >= 11 is 0. The number of aliphatic hydroxyl groups is 2. The summed E-state index contributed by atoms with van der Waals surface area (Å²) in [5.41, 5.74) is -1.23. The first-order valence-corrected chi connectivity index (χ1v) is 5.67. The standard InChI is InChI=1S/C13H16O6/c1-3-11(16)18-6-7-19-12(17)13(2)5-4-9(14)8-10(13)15/h3-4,8,14-15H,1,5-7H2,2H3. The first kappa shape index (κ1) is 14.8. The van der Waals surface area contributed by atoms with Crippen molar-refractivity contribution in [3.63, 3.8) is 0 Å². The summed E-state index contributed by atoms with van der Waals surface area (Å²) in [7, 11) is 0. The predicted octanol–water partition coefficient (Wildman–Crippen LogP) is 1.55. The molecule has 1 aliphatic rings. The lowest BCUT2D eigenvalue weighted by Gasteiger charge is -2.27. The Kier molecular flexibility index (Phi) is 4.74. The van der Waals surface area contributed by atoms with Crippen LogP contribution in [0.2, 0.25) is 0 Å². The van der Waals surface area contributed by atoms with Crippen molar-refractivity contribution in [1.82, 2.24) is 0 Å². The highest BCUT2D eigenvalue weighted by Gasteiger charge is 2.40. The lowest BCUT2D eigenvalue weighted by molar-refractivity contribution is -0.158. The molecule has 2 N–H and O–H groups in total. The topological polar surface area (TPSA) is 93.1 Å². The number of carbonyl (C=O) groups excluding carboxylic acids is 2. The van der Waals surface area contributed by atoms with Crippen molar-refractivity contribution in [1.29, 1.82) is 0 Å². The van der Waals surface area contributed by atoms with Crippen LogP contribution in [0.15, 0.2) is 36.3 Å². The Morgan fingerprint density at radius 1 is 1.42 bits per heavy atom. The van der Waals surface area contributed by atoms with Gasteiger partial charge in [0.15, 0.2) is 0 Å². The number of esters is 2.